The number of ether oxygens (including phenoxy) is 2. The van der Waals surface area contributed by atoms with Gasteiger partial charge in [0, 0.05) is 10.4 Å². The normalized spacial score (nSPS) is 13.4. The Hall–Kier alpha value is -2.32. The number of nitrogens with two attached hydrogens (primary N) is 1. The molecule has 0 saturated heterocycles. The molecule has 0 atom stereocenters. The van der Waals surface area contributed by atoms with Crippen molar-refractivity contribution in [3.05, 3.63) is 33.3 Å². The van der Waals surface area contributed by atoms with Crippen molar-refractivity contribution in [2.24, 2.45) is 5.73 Å². The van der Waals surface area contributed by atoms with Crippen molar-refractivity contribution in [2.75, 3.05) is 19.0 Å². The predicted molar refractivity (Wildman–Crippen MR) is 104 cm³/mol. The number of carbonyl (C=O) groups excluding carboxylic acids is 2. The highest BCUT2D eigenvalue weighted by Gasteiger charge is 2.19. The Morgan fingerprint density at radius 3 is 2.81 bits per heavy atom. The van der Waals surface area contributed by atoms with Crippen molar-refractivity contribution in [3.8, 4) is 11.5 Å². The van der Waals surface area contributed by atoms with Gasteiger partial charge in [-0.15, -0.1) is 11.3 Å². The van der Waals surface area contributed by atoms with E-state index in [4.69, 9.17) is 26.8 Å². The van der Waals surface area contributed by atoms with Gasteiger partial charge in [-0.05, 0) is 37.8 Å². The van der Waals surface area contributed by atoms with Gasteiger partial charge in [-0.2, -0.15) is 0 Å². The summed E-state index contributed by atoms with van der Waals surface area (Å²) in [5, 5.41) is 3.55. The van der Waals surface area contributed by atoms with Gasteiger partial charge in [-0.25, -0.2) is 4.98 Å². The van der Waals surface area contributed by atoms with Gasteiger partial charge < -0.3 is 15.2 Å². The molecule has 1 aromatic heterocycles. The van der Waals surface area contributed by atoms with Crippen LogP contribution < -0.4 is 20.5 Å². The topological polar surface area (TPSA) is 104 Å². The van der Waals surface area contributed by atoms with Crippen LogP contribution in [0.15, 0.2) is 12.1 Å². The molecular formula is C18H20ClN3O4S. The van der Waals surface area contributed by atoms with Gasteiger partial charge in [0.15, 0.2) is 23.2 Å². The first-order valence-electron chi connectivity index (χ1n) is 8.56. The Morgan fingerprint density at radius 1 is 1.30 bits per heavy atom. The second-order valence-electron chi connectivity index (χ2n) is 6.15. The fourth-order valence-corrected chi connectivity index (χ4v) is 4.20. The zero-order chi connectivity index (χ0) is 19.4. The molecule has 144 valence electrons. The lowest BCUT2D eigenvalue weighted by Gasteiger charge is -2.13. The van der Waals surface area contributed by atoms with E-state index in [9.17, 15) is 9.59 Å². The van der Waals surface area contributed by atoms with Crippen LogP contribution in [0, 0.1) is 0 Å². The number of halogens is 1. The molecular weight excluding hydrogens is 390 g/mol. The minimum Gasteiger partial charge on any atom is -0.493 e. The third kappa shape index (κ3) is 4.70. The SMILES string of the molecule is COc1cc(C(=O)Nc2nc3c(s2)CCCCC3)cc(Cl)c1OCC(N)=O. The zero-order valence-electron chi connectivity index (χ0n) is 14.8. The molecule has 7 nitrogen and oxygen atoms in total. The molecule has 1 heterocycles. The van der Waals surface area contributed by atoms with Crippen molar-refractivity contribution < 1.29 is 19.1 Å². The molecule has 1 aromatic carbocycles. The second-order valence-corrected chi connectivity index (χ2v) is 7.64. The van der Waals surface area contributed by atoms with Gasteiger partial charge in [-0.3, -0.25) is 14.9 Å². The van der Waals surface area contributed by atoms with Gasteiger partial charge in [0.05, 0.1) is 17.8 Å². The summed E-state index contributed by atoms with van der Waals surface area (Å²) in [5.74, 6) is -0.585. The van der Waals surface area contributed by atoms with E-state index < -0.39 is 5.91 Å². The smallest absolute Gasteiger partial charge is 0.257 e. The van der Waals surface area contributed by atoms with E-state index in [1.54, 1.807) is 0 Å². The van der Waals surface area contributed by atoms with E-state index in [2.05, 4.69) is 10.3 Å². The molecule has 0 spiro atoms. The van der Waals surface area contributed by atoms with Crippen LogP contribution in [-0.2, 0) is 17.6 Å². The van der Waals surface area contributed by atoms with Gasteiger partial charge in [0.1, 0.15) is 0 Å². The Labute approximate surface area is 165 Å². The van der Waals surface area contributed by atoms with E-state index in [0.29, 0.717) is 10.7 Å². The minimum absolute atomic E-state index is 0.149. The number of anilines is 1. The number of nitrogens with one attached hydrogen (secondary N) is 1. The number of thiazole rings is 1. The van der Waals surface area contributed by atoms with E-state index in [-0.39, 0.29) is 29.0 Å². The van der Waals surface area contributed by atoms with Crippen LogP contribution in [0.4, 0.5) is 5.13 Å². The number of carbonyl (C=O) groups is 2. The number of fused-ring (bicyclic) bond motifs is 1. The first-order chi connectivity index (χ1) is 13.0. The number of hydrogen-bond acceptors (Lipinski definition) is 6. The number of aryl methyl sites for hydroxylation is 2. The molecule has 0 bridgehead atoms. The minimum atomic E-state index is -0.640. The lowest BCUT2D eigenvalue weighted by atomic mass is 10.2. The van der Waals surface area contributed by atoms with E-state index >= 15 is 0 Å². The Morgan fingerprint density at radius 2 is 2.07 bits per heavy atom. The quantitative estimate of drug-likeness (QED) is 0.713. The van der Waals surface area contributed by atoms with E-state index in [1.807, 2.05) is 0 Å². The summed E-state index contributed by atoms with van der Waals surface area (Å²) < 4.78 is 10.5. The van der Waals surface area contributed by atoms with E-state index in [1.165, 1.54) is 41.9 Å². The summed E-state index contributed by atoms with van der Waals surface area (Å²) in [6.07, 6.45) is 5.46. The fourth-order valence-electron chi connectivity index (χ4n) is 2.89. The van der Waals surface area contributed by atoms with Crippen LogP contribution in [0.2, 0.25) is 5.02 Å². The van der Waals surface area contributed by atoms with Crippen molar-refractivity contribution >= 4 is 39.9 Å². The summed E-state index contributed by atoms with van der Waals surface area (Å²) in [6.45, 7) is -0.341. The molecule has 3 rings (SSSR count). The number of methoxy groups -OCH3 is 1. The summed E-state index contributed by atoms with van der Waals surface area (Å²) in [6, 6.07) is 2.95. The first-order valence-corrected chi connectivity index (χ1v) is 9.76. The van der Waals surface area contributed by atoms with Crippen molar-refractivity contribution in [2.45, 2.75) is 32.1 Å². The van der Waals surface area contributed by atoms with Crippen LogP contribution in [-0.4, -0.2) is 30.5 Å². The molecule has 0 unspecified atom stereocenters. The molecule has 0 aliphatic heterocycles. The average molecular weight is 410 g/mol. The number of amides is 2. The van der Waals surface area contributed by atoms with Gasteiger partial charge >= 0.3 is 0 Å². The van der Waals surface area contributed by atoms with Crippen molar-refractivity contribution in [1.82, 2.24) is 4.98 Å². The highest BCUT2D eigenvalue weighted by atomic mass is 35.5. The lowest BCUT2D eigenvalue weighted by molar-refractivity contribution is -0.119. The summed E-state index contributed by atoms with van der Waals surface area (Å²) in [5.41, 5.74) is 6.46. The maximum absolute atomic E-state index is 12.6. The highest BCUT2D eigenvalue weighted by Crippen LogP contribution is 2.37. The van der Waals surface area contributed by atoms with Crippen LogP contribution in [0.25, 0.3) is 0 Å². The molecule has 9 heteroatoms. The Bertz CT molecular complexity index is 845. The molecule has 2 amide bonds. The number of primary amides is 1. The van der Waals surface area contributed by atoms with Crippen LogP contribution in [0.1, 0.15) is 40.2 Å². The largest absolute Gasteiger partial charge is 0.493 e. The second kappa shape index (κ2) is 8.58. The standard InChI is InChI=1S/C18H20ClN3O4S/c1-25-13-8-10(7-11(19)16(13)26-9-15(20)23)17(24)22-18-21-12-5-3-2-4-6-14(12)27-18/h7-8H,2-6,9H2,1H3,(H2,20,23)(H,21,22,24). The number of rotatable bonds is 6. The molecule has 1 aliphatic rings. The van der Waals surface area contributed by atoms with Crippen molar-refractivity contribution in [3.63, 3.8) is 0 Å². The Kier molecular flexibility index (Phi) is 6.18. The molecule has 0 saturated carbocycles. The molecule has 3 N–H and O–H groups in total. The number of nitrogens with zero attached hydrogens (tertiary/aromatic N) is 1. The maximum atomic E-state index is 12.6. The molecule has 2 aromatic rings. The third-order valence-electron chi connectivity index (χ3n) is 4.17. The number of benzene rings is 1. The Balaban J connectivity index is 1.78. The maximum Gasteiger partial charge on any atom is 0.257 e. The van der Waals surface area contributed by atoms with Gasteiger partial charge in [0.25, 0.3) is 11.8 Å². The first kappa shape index (κ1) is 19.4. The molecule has 0 fully saturated rings. The predicted octanol–water partition coefficient (Wildman–Crippen LogP) is 3.19. The van der Waals surface area contributed by atoms with Crippen LogP contribution in [0.5, 0.6) is 11.5 Å². The van der Waals surface area contributed by atoms with Crippen LogP contribution in [0.3, 0.4) is 0 Å². The molecule has 0 radical (unpaired) electrons. The molecule has 1 aliphatic carbocycles. The summed E-state index contributed by atoms with van der Waals surface area (Å²) in [4.78, 5) is 29.3. The van der Waals surface area contributed by atoms with Gasteiger partial charge in [0.2, 0.25) is 0 Å². The van der Waals surface area contributed by atoms with Crippen LogP contribution >= 0.6 is 22.9 Å². The highest BCUT2D eigenvalue weighted by molar-refractivity contribution is 7.15. The van der Waals surface area contributed by atoms with E-state index in [0.717, 1.165) is 31.4 Å². The number of hydrogen-bond donors (Lipinski definition) is 2. The fraction of sp³-hybridized carbons (Fsp3) is 0.389. The summed E-state index contributed by atoms with van der Waals surface area (Å²) in [7, 11) is 1.42. The summed E-state index contributed by atoms with van der Waals surface area (Å²) >= 11 is 7.71. The zero-order valence-corrected chi connectivity index (χ0v) is 16.4. The van der Waals surface area contributed by atoms with Gasteiger partial charge in [-0.1, -0.05) is 18.0 Å². The average Bonchev–Trinajstić information content (AvgIpc) is 2.87. The monoisotopic (exact) mass is 409 g/mol. The lowest BCUT2D eigenvalue weighted by Crippen LogP contribution is -2.20. The molecule has 27 heavy (non-hydrogen) atoms. The number of aromatic nitrogens is 1. The van der Waals surface area contributed by atoms with Crippen molar-refractivity contribution in [1.29, 1.82) is 0 Å². The third-order valence-corrected chi connectivity index (χ3v) is 5.52.